The fraction of sp³-hybridized carbons (Fsp3) is 0.571. The van der Waals surface area contributed by atoms with Gasteiger partial charge in [0.25, 0.3) is 5.91 Å². The van der Waals surface area contributed by atoms with Gasteiger partial charge in [0.15, 0.2) is 0 Å². The molecule has 4 atom stereocenters. The first kappa shape index (κ1) is 27.5. The fourth-order valence-corrected chi connectivity index (χ4v) is 5.54. The Labute approximate surface area is 223 Å². The topological polar surface area (TPSA) is 139 Å². The summed E-state index contributed by atoms with van der Waals surface area (Å²) in [6, 6.07) is 7.76. The van der Waals surface area contributed by atoms with Gasteiger partial charge in [0.05, 0.1) is 19.2 Å². The van der Waals surface area contributed by atoms with Gasteiger partial charge in [-0.3, -0.25) is 19.3 Å². The van der Waals surface area contributed by atoms with Crippen molar-refractivity contribution in [1.29, 1.82) is 5.26 Å². The summed E-state index contributed by atoms with van der Waals surface area (Å²) < 4.78 is 5.40. The van der Waals surface area contributed by atoms with Gasteiger partial charge in [-0.05, 0) is 69.3 Å². The molecule has 3 heterocycles. The molecule has 3 amide bonds. The van der Waals surface area contributed by atoms with E-state index < -0.39 is 24.0 Å². The van der Waals surface area contributed by atoms with Crippen LogP contribution in [-0.4, -0.2) is 72.5 Å². The zero-order valence-corrected chi connectivity index (χ0v) is 22.4. The van der Waals surface area contributed by atoms with Crippen LogP contribution in [0.25, 0.3) is 10.9 Å². The maximum atomic E-state index is 13.6. The number of nitriles is 1. The van der Waals surface area contributed by atoms with Gasteiger partial charge in [-0.2, -0.15) is 5.26 Å². The van der Waals surface area contributed by atoms with Crippen LogP contribution in [0.2, 0.25) is 0 Å². The van der Waals surface area contributed by atoms with Gasteiger partial charge in [0, 0.05) is 23.4 Å². The van der Waals surface area contributed by atoms with E-state index in [2.05, 4.69) is 31.9 Å². The average Bonchev–Trinajstić information content (AvgIpc) is 3.65. The van der Waals surface area contributed by atoms with Crippen LogP contribution < -0.4 is 20.7 Å². The molecule has 0 aliphatic carbocycles. The van der Waals surface area contributed by atoms with Crippen LogP contribution in [-0.2, 0) is 9.59 Å². The standard InChI is InChI=1S/C28H38N6O4/c1-17(2)13-22(33-28(37)23-15-19-20(31-23)7-6-8-25(19)38-3)27(36)32-21(14-18-9-10-30-26(18)35)24(16-29)34-11-4-5-12-34/h6-8,15,17-18,21-22,24,31H,4-5,9-14H2,1-3H3,(H,30,35)(H,32,36)(H,33,37)/t18-,21-,22-,24-/m0/s1. The van der Waals surface area contributed by atoms with E-state index in [1.165, 1.54) is 0 Å². The summed E-state index contributed by atoms with van der Waals surface area (Å²) in [7, 11) is 1.58. The zero-order valence-electron chi connectivity index (χ0n) is 22.4. The lowest BCUT2D eigenvalue weighted by molar-refractivity contribution is -0.126. The van der Waals surface area contributed by atoms with Gasteiger partial charge in [-0.25, -0.2) is 0 Å². The third kappa shape index (κ3) is 6.27. The van der Waals surface area contributed by atoms with E-state index in [9.17, 15) is 19.6 Å². The number of carbonyl (C=O) groups is 3. The summed E-state index contributed by atoms with van der Waals surface area (Å²) in [5, 5.41) is 19.7. The number of rotatable bonds is 11. The van der Waals surface area contributed by atoms with E-state index in [0.29, 0.717) is 37.3 Å². The first-order valence-electron chi connectivity index (χ1n) is 13.5. The monoisotopic (exact) mass is 522 g/mol. The van der Waals surface area contributed by atoms with Crippen molar-refractivity contribution in [2.24, 2.45) is 11.8 Å². The molecule has 1 aromatic carbocycles. The molecular formula is C28H38N6O4. The fourth-order valence-electron chi connectivity index (χ4n) is 5.54. The molecule has 0 unspecified atom stereocenters. The third-order valence-electron chi connectivity index (χ3n) is 7.49. The van der Waals surface area contributed by atoms with Crippen LogP contribution >= 0.6 is 0 Å². The van der Waals surface area contributed by atoms with Crippen molar-refractivity contribution in [1.82, 2.24) is 25.8 Å². The van der Waals surface area contributed by atoms with Gasteiger partial charge in [-0.15, -0.1) is 0 Å². The summed E-state index contributed by atoms with van der Waals surface area (Å²) in [6.07, 6.45) is 3.50. The number of methoxy groups -OCH3 is 1. The Balaban J connectivity index is 1.53. The molecule has 38 heavy (non-hydrogen) atoms. The van der Waals surface area contributed by atoms with Crippen molar-refractivity contribution < 1.29 is 19.1 Å². The molecule has 0 bridgehead atoms. The Hall–Kier alpha value is -3.58. The van der Waals surface area contributed by atoms with Crippen molar-refractivity contribution in [2.45, 2.75) is 64.1 Å². The zero-order chi connectivity index (χ0) is 27.2. The van der Waals surface area contributed by atoms with Gasteiger partial charge in [0.2, 0.25) is 11.8 Å². The first-order chi connectivity index (χ1) is 18.3. The highest BCUT2D eigenvalue weighted by atomic mass is 16.5. The lowest BCUT2D eigenvalue weighted by Gasteiger charge is -2.32. The molecule has 2 fully saturated rings. The predicted octanol–water partition coefficient (Wildman–Crippen LogP) is 2.32. The molecule has 2 saturated heterocycles. The van der Waals surface area contributed by atoms with Gasteiger partial charge < -0.3 is 25.7 Å². The molecule has 2 aromatic rings. The quantitative estimate of drug-likeness (QED) is 0.357. The number of nitrogens with one attached hydrogen (secondary N) is 4. The largest absolute Gasteiger partial charge is 0.496 e. The van der Waals surface area contributed by atoms with Crippen LogP contribution in [0.5, 0.6) is 5.75 Å². The number of aromatic nitrogens is 1. The highest BCUT2D eigenvalue weighted by Gasteiger charge is 2.37. The van der Waals surface area contributed by atoms with E-state index in [1.807, 2.05) is 32.0 Å². The highest BCUT2D eigenvalue weighted by Crippen LogP contribution is 2.26. The number of hydrogen-bond donors (Lipinski definition) is 4. The van der Waals surface area contributed by atoms with Crippen LogP contribution in [0, 0.1) is 23.2 Å². The minimum Gasteiger partial charge on any atom is -0.496 e. The predicted molar refractivity (Wildman–Crippen MR) is 143 cm³/mol. The number of likely N-dealkylation sites (tertiary alicyclic amines) is 1. The van der Waals surface area contributed by atoms with Crippen LogP contribution in [0.3, 0.4) is 0 Å². The Morgan fingerprint density at radius 1 is 1.24 bits per heavy atom. The maximum absolute atomic E-state index is 13.6. The summed E-state index contributed by atoms with van der Waals surface area (Å²) in [5.41, 5.74) is 1.09. The molecule has 0 spiro atoms. The second kappa shape index (κ2) is 12.3. The Kier molecular flexibility index (Phi) is 8.89. The van der Waals surface area contributed by atoms with E-state index >= 15 is 0 Å². The SMILES string of the molecule is COc1cccc2[nH]c(C(=O)N[C@@H](CC(C)C)C(=O)N[C@@H](C[C@@H]3CCNC3=O)[C@H](C#N)N3CCCC3)cc12. The molecule has 10 nitrogen and oxygen atoms in total. The smallest absolute Gasteiger partial charge is 0.268 e. The van der Waals surface area contributed by atoms with E-state index in [-0.39, 0.29) is 23.7 Å². The maximum Gasteiger partial charge on any atom is 0.268 e. The third-order valence-corrected chi connectivity index (χ3v) is 7.49. The Morgan fingerprint density at radius 2 is 2.00 bits per heavy atom. The normalized spacial score (nSPS) is 20.1. The number of amides is 3. The summed E-state index contributed by atoms with van der Waals surface area (Å²) in [5.74, 6) is -0.242. The van der Waals surface area contributed by atoms with Gasteiger partial charge in [-0.1, -0.05) is 19.9 Å². The van der Waals surface area contributed by atoms with Crippen molar-refractivity contribution in [3.63, 3.8) is 0 Å². The van der Waals surface area contributed by atoms with Crippen LogP contribution in [0.15, 0.2) is 24.3 Å². The molecule has 1 aromatic heterocycles. The number of hydrogen-bond acceptors (Lipinski definition) is 6. The van der Waals surface area contributed by atoms with Gasteiger partial charge >= 0.3 is 0 Å². The molecule has 2 aliphatic heterocycles. The molecule has 10 heteroatoms. The summed E-state index contributed by atoms with van der Waals surface area (Å²) >= 11 is 0. The second-order valence-electron chi connectivity index (χ2n) is 10.7. The molecule has 2 aliphatic rings. The molecule has 4 N–H and O–H groups in total. The summed E-state index contributed by atoms with van der Waals surface area (Å²) in [4.78, 5) is 44.4. The average molecular weight is 523 g/mol. The lowest BCUT2D eigenvalue weighted by Crippen LogP contribution is -2.56. The Bertz CT molecular complexity index is 1200. The second-order valence-corrected chi connectivity index (χ2v) is 10.7. The van der Waals surface area contributed by atoms with Crippen molar-refractivity contribution in [3.8, 4) is 11.8 Å². The number of fused-ring (bicyclic) bond motifs is 1. The molecule has 204 valence electrons. The number of nitrogens with zero attached hydrogens (tertiary/aromatic N) is 2. The first-order valence-corrected chi connectivity index (χ1v) is 13.5. The van der Waals surface area contributed by atoms with Crippen molar-refractivity contribution >= 4 is 28.6 Å². The number of benzene rings is 1. The summed E-state index contributed by atoms with van der Waals surface area (Å²) in [6.45, 7) is 6.16. The number of ether oxygens (including phenoxy) is 1. The van der Waals surface area contributed by atoms with Gasteiger partial charge in [0.1, 0.15) is 23.5 Å². The molecule has 4 rings (SSSR count). The molecule has 0 radical (unpaired) electrons. The molecular weight excluding hydrogens is 484 g/mol. The number of aromatic amines is 1. The minimum absolute atomic E-state index is 0.0383. The lowest BCUT2D eigenvalue weighted by atomic mass is 9.92. The Morgan fingerprint density at radius 3 is 2.63 bits per heavy atom. The van der Waals surface area contributed by atoms with E-state index in [1.54, 1.807) is 13.2 Å². The van der Waals surface area contributed by atoms with Crippen LogP contribution in [0.4, 0.5) is 0 Å². The van der Waals surface area contributed by atoms with E-state index in [0.717, 1.165) is 36.8 Å². The van der Waals surface area contributed by atoms with E-state index in [4.69, 9.17) is 4.74 Å². The van der Waals surface area contributed by atoms with Crippen molar-refractivity contribution in [3.05, 3.63) is 30.0 Å². The highest BCUT2D eigenvalue weighted by molar-refractivity contribution is 6.01. The molecule has 0 saturated carbocycles. The number of carbonyl (C=O) groups excluding carboxylic acids is 3. The number of H-pyrrole nitrogens is 1. The van der Waals surface area contributed by atoms with Crippen molar-refractivity contribution in [2.75, 3.05) is 26.7 Å². The van der Waals surface area contributed by atoms with Crippen LogP contribution in [0.1, 0.15) is 56.4 Å². The minimum atomic E-state index is -0.798.